The minimum atomic E-state index is -1.07. The Morgan fingerprint density at radius 1 is 0.630 bits per heavy atom. The van der Waals surface area contributed by atoms with Gasteiger partial charge in [-0.1, -0.05) is 91.0 Å². The quantitative estimate of drug-likeness (QED) is 0.714. The summed E-state index contributed by atoms with van der Waals surface area (Å²) in [5, 5.41) is 12.4. The Morgan fingerprint density at radius 3 is 1.56 bits per heavy atom. The lowest BCUT2D eigenvalue weighted by molar-refractivity contribution is -0.944. The molecule has 0 amide bonds. The maximum absolute atomic E-state index is 12.4. The normalized spacial score (nSPS) is 16.8. The lowest BCUT2D eigenvalue weighted by Crippen LogP contribution is -3.14. The van der Waals surface area contributed by atoms with E-state index in [-0.39, 0.29) is 6.04 Å². The molecular formula is C25H28NO+. The summed E-state index contributed by atoms with van der Waals surface area (Å²) in [7, 11) is 0. The summed E-state index contributed by atoms with van der Waals surface area (Å²) in [4.78, 5) is 1.47. The van der Waals surface area contributed by atoms with Gasteiger partial charge in [0, 0.05) is 5.56 Å². The van der Waals surface area contributed by atoms with Crippen LogP contribution in [-0.4, -0.2) is 18.2 Å². The van der Waals surface area contributed by atoms with Gasteiger partial charge in [0.1, 0.15) is 0 Å². The average Bonchev–Trinajstić information content (AvgIpc) is 2.76. The maximum atomic E-state index is 12.4. The first-order valence-electron chi connectivity index (χ1n) is 10.0. The monoisotopic (exact) mass is 358 g/mol. The fourth-order valence-electron chi connectivity index (χ4n) is 4.60. The highest BCUT2D eigenvalue weighted by molar-refractivity contribution is 5.40. The van der Waals surface area contributed by atoms with Crippen molar-refractivity contribution in [2.24, 2.45) is 0 Å². The molecule has 1 aliphatic heterocycles. The standard InChI is InChI=1S/C25H27NO/c27-25(22-15-7-2-8-16-22,23-17-9-3-10-18-23)24(21-13-5-1-6-14-21)26-19-11-4-12-20-26/h1-3,5-10,13-18,24,27H,4,11-12,19-20H2/p+1. The number of benzene rings is 3. The van der Waals surface area contributed by atoms with E-state index in [4.69, 9.17) is 0 Å². The van der Waals surface area contributed by atoms with Gasteiger partial charge in [-0.3, -0.25) is 0 Å². The van der Waals surface area contributed by atoms with E-state index in [0.29, 0.717) is 0 Å². The van der Waals surface area contributed by atoms with Crippen LogP contribution in [0.2, 0.25) is 0 Å². The Kier molecular flexibility index (Phi) is 5.38. The highest BCUT2D eigenvalue weighted by atomic mass is 16.3. The first kappa shape index (κ1) is 18.0. The third-order valence-corrected chi connectivity index (χ3v) is 5.88. The molecule has 3 aromatic carbocycles. The van der Waals surface area contributed by atoms with E-state index in [9.17, 15) is 5.11 Å². The van der Waals surface area contributed by atoms with Gasteiger partial charge in [0.2, 0.25) is 0 Å². The van der Waals surface area contributed by atoms with E-state index < -0.39 is 5.60 Å². The molecule has 1 heterocycles. The van der Waals surface area contributed by atoms with Crippen molar-refractivity contribution >= 4 is 0 Å². The molecule has 3 aromatic rings. The molecule has 27 heavy (non-hydrogen) atoms. The topological polar surface area (TPSA) is 24.7 Å². The molecule has 1 unspecified atom stereocenters. The van der Waals surface area contributed by atoms with Crippen molar-refractivity contribution in [1.82, 2.24) is 0 Å². The predicted molar refractivity (Wildman–Crippen MR) is 110 cm³/mol. The third kappa shape index (κ3) is 3.55. The van der Waals surface area contributed by atoms with Crippen molar-refractivity contribution in [1.29, 1.82) is 0 Å². The van der Waals surface area contributed by atoms with Gasteiger partial charge in [-0.25, -0.2) is 0 Å². The first-order valence-corrected chi connectivity index (χ1v) is 10.0. The smallest absolute Gasteiger partial charge is 0.171 e. The first-order chi connectivity index (χ1) is 13.3. The molecular weight excluding hydrogens is 330 g/mol. The summed E-state index contributed by atoms with van der Waals surface area (Å²) in [5.41, 5.74) is 2.05. The molecule has 2 nitrogen and oxygen atoms in total. The van der Waals surface area contributed by atoms with Crippen molar-refractivity contribution < 1.29 is 10.0 Å². The van der Waals surface area contributed by atoms with Crippen LogP contribution in [0.4, 0.5) is 0 Å². The van der Waals surface area contributed by atoms with E-state index in [0.717, 1.165) is 24.2 Å². The number of rotatable bonds is 5. The maximum Gasteiger partial charge on any atom is 0.171 e. The molecule has 2 N–H and O–H groups in total. The highest BCUT2D eigenvalue weighted by Crippen LogP contribution is 2.39. The number of likely N-dealkylation sites (tertiary alicyclic amines) is 1. The molecule has 0 aromatic heterocycles. The zero-order valence-corrected chi connectivity index (χ0v) is 15.7. The van der Waals surface area contributed by atoms with Crippen LogP contribution in [0, 0.1) is 0 Å². The molecule has 2 heteroatoms. The molecule has 0 spiro atoms. The molecule has 0 bridgehead atoms. The van der Waals surface area contributed by atoms with Crippen LogP contribution >= 0.6 is 0 Å². The number of quaternary nitrogens is 1. The second-order valence-electron chi connectivity index (χ2n) is 7.56. The van der Waals surface area contributed by atoms with Gasteiger partial charge in [0.15, 0.2) is 11.6 Å². The van der Waals surface area contributed by atoms with Crippen LogP contribution in [0.15, 0.2) is 91.0 Å². The van der Waals surface area contributed by atoms with Gasteiger partial charge < -0.3 is 10.0 Å². The Bertz CT molecular complexity index is 786. The zero-order valence-electron chi connectivity index (χ0n) is 15.7. The molecule has 1 aliphatic rings. The Balaban J connectivity index is 1.91. The van der Waals surface area contributed by atoms with Crippen molar-refractivity contribution in [3.8, 4) is 0 Å². The van der Waals surface area contributed by atoms with Crippen molar-refractivity contribution in [3.63, 3.8) is 0 Å². The number of hydrogen-bond acceptors (Lipinski definition) is 1. The summed E-state index contributed by atoms with van der Waals surface area (Å²) in [6.45, 7) is 2.20. The molecule has 138 valence electrons. The van der Waals surface area contributed by atoms with Gasteiger partial charge >= 0.3 is 0 Å². The van der Waals surface area contributed by atoms with Crippen molar-refractivity contribution in [3.05, 3.63) is 108 Å². The Labute approximate surface area is 162 Å². The van der Waals surface area contributed by atoms with E-state index in [1.54, 1.807) is 0 Å². The van der Waals surface area contributed by atoms with Gasteiger partial charge in [-0.2, -0.15) is 0 Å². The van der Waals surface area contributed by atoms with E-state index >= 15 is 0 Å². The van der Waals surface area contributed by atoms with Crippen LogP contribution in [-0.2, 0) is 5.60 Å². The lowest BCUT2D eigenvalue weighted by Gasteiger charge is -2.42. The minimum Gasteiger partial charge on any atom is -0.374 e. The van der Waals surface area contributed by atoms with E-state index in [1.807, 2.05) is 36.4 Å². The molecule has 1 fully saturated rings. The number of aliphatic hydroxyl groups is 1. The van der Waals surface area contributed by atoms with E-state index in [1.165, 1.54) is 29.7 Å². The average molecular weight is 359 g/mol. The molecule has 0 radical (unpaired) electrons. The second kappa shape index (κ2) is 8.08. The third-order valence-electron chi connectivity index (χ3n) is 5.88. The SMILES string of the molecule is OC(c1ccccc1)(c1ccccc1)C(c1ccccc1)[NH+]1CCCCC1. The van der Waals surface area contributed by atoms with Gasteiger partial charge in [-0.15, -0.1) is 0 Å². The Hall–Kier alpha value is -2.42. The van der Waals surface area contributed by atoms with Crippen LogP contribution in [0.5, 0.6) is 0 Å². The lowest BCUT2D eigenvalue weighted by atomic mass is 9.76. The fraction of sp³-hybridized carbons (Fsp3) is 0.280. The summed E-state index contributed by atoms with van der Waals surface area (Å²) in [5.74, 6) is 0. The largest absolute Gasteiger partial charge is 0.374 e. The van der Waals surface area contributed by atoms with Gasteiger partial charge in [0.05, 0.1) is 13.1 Å². The van der Waals surface area contributed by atoms with Crippen LogP contribution in [0.25, 0.3) is 0 Å². The highest BCUT2D eigenvalue weighted by Gasteiger charge is 2.47. The summed E-state index contributed by atoms with van der Waals surface area (Å²) in [6, 6.07) is 30.9. The molecule has 1 atom stereocenters. The van der Waals surface area contributed by atoms with E-state index in [2.05, 4.69) is 54.6 Å². The molecule has 1 saturated heterocycles. The predicted octanol–water partition coefficient (Wildman–Crippen LogP) is 3.73. The van der Waals surface area contributed by atoms with Gasteiger partial charge in [0.25, 0.3) is 0 Å². The molecule has 0 aliphatic carbocycles. The number of piperidine rings is 1. The molecule has 0 saturated carbocycles. The minimum absolute atomic E-state index is 0.0381. The van der Waals surface area contributed by atoms with Crippen molar-refractivity contribution in [2.45, 2.75) is 30.9 Å². The number of nitrogens with one attached hydrogen (secondary N) is 1. The van der Waals surface area contributed by atoms with Gasteiger partial charge in [-0.05, 0) is 30.4 Å². The molecule has 4 rings (SSSR count). The Morgan fingerprint density at radius 2 is 1.07 bits per heavy atom. The summed E-state index contributed by atoms with van der Waals surface area (Å²) >= 11 is 0. The second-order valence-corrected chi connectivity index (χ2v) is 7.56. The van der Waals surface area contributed by atoms with Crippen molar-refractivity contribution in [2.75, 3.05) is 13.1 Å². The zero-order chi connectivity index (χ0) is 18.5. The van der Waals surface area contributed by atoms with Crippen LogP contribution in [0.3, 0.4) is 0 Å². The summed E-state index contributed by atoms with van der Waals surface area (Å²) in [6.07, 6.45) is 3.73. The summed E-state index contributed by atoms with van der Waals surface area (Å²) < 4.78 is 0. The van der Waals surface area contributed by atoms with Crippen LogP contribution in [0.1, 0.15) is 42.0 Å². The van der Waals surface area contributed by atoms with Crippen LogP contribution < -0.4 is 4.90 Å². The fourth-order valence-corrected chi connectivity index (χ4v) is 4.60. The number of hydrogen-bond donors (Lipinski definition) is 2.